The highest BCUT2D eigenvalue weighted by molar-refractivity contribution is 9.10. The molecule has 0 saturated heterocycles. The van der Waals surface area contributed by atoms with Crippen LogP contribution in [-0.2, 0) is 13.0 Å². The zero-order chi connectivity index (χ0) is 10.6. The third-order valence-corrected chi connectivity index (χ3v) is 3.05. The smallest absolute Gasteiger partial charge is 0.0635 e. The molecule has 0 amide bonds. The van der Waals surface area contributed by atoms with Crippen molar-refractivity contribution in [1.82, 2.24) is 9.78 Å². The van der Waals surface area contributed by atoms with Gasteiger partial charge in [0.15, 0.2) is 0 Å². The molecule has 0 saturated carbocycles. The summed E-state index contributed by atoms with van der Waals surface area (Å²) in [6, 6.07) is 0. The first-order valence-corrected chi connectivity index (χ1v) is 5.86. The third kappa shape index (κ3) is 2.82. The number of nitrogens with zero attached hydrogens (tertiary/aromatic N) is 2. The molecule has 0 aliphatic carbocycles. The number of aryl methyl sites for hydroxylation is 1. The molecule has 0 bridgehead atoms. The Kier molecular flexibility index (Phi) is 4.62. The van der Waals surface area contributed by atoms with Gasteiger partial charge in [0.25, 0.3) is 0 Å². The van der Waals surface area contributed by atoms with Gasteiger partial charge in [-0.3, -0.25) is 4.68 Å². The molecule has 0 spiro atoms. The Morgan fingerprint density at radius 3 is 2.86 bits per heavy atom. The lowest BCUT2D eigenvalue weighted by Crippen LogP contribution is -2.09. The molecule has 0 aliphatic heterocycles. The molecule has 4 heteroatoms. The quantitative estimate of drug-likeness (QED) is 0.883. The zero-order valence-corrected chi connectivity index (χ0v) is 10.3. The normalized spacial score (nSPS) is 13.1. The van der Waals surface area contributed by atoms with Crippen LogP contribution in [0, 0.1) is 0 Å². The second-order valence-electron chi connectivity index (χ2n) is 3.36. The monoisotopic (exact) mass is 260 g/mol. The average molecular weight is 261 g/mol. The average Bonchev–Trinajstić information content (AvgIpc) is 2.55. The van der Waals surface area contributed by atoms with Crippen molar-refractivity contribution in [3.8, 4) is 0 Å². The van der Waals surface area contributed by atoms with Gasteiger partial charge in [-0.2, -0.15) is 5.10 Å². The fraction of sp³-hybridized carbons (Fsp3) is 0.700. The van der Waals surface area contributed by atoms with Crippen LogP contribution in [0.4, 0.5) is 0 Å². The fourth-order valence-corrected chi connectivity index (χ4v) is 1.91. The van der Waals surface area contributed by atoms with Gasteiger partial charge in [0.2, 0.25) is 0 Å². The summed E-state index contributed by atoms with van der Waals surface area (Å²) >= 11 is 3.46. The number of halogens is 1. The maximum Gasteiger partial charge on any atom is 0.0635 e. The molecule has 1 N–H and O–H groups in total. The van der Waals surface area contributed by atoms with Crippen LogP contribution < -0.4 is 0 Å². The van der Waals surface area contributed by atoms with Crippen LogP contribution in [0.15, 0.2) is 10.7 Å². The molecule has 1 aromatic heterocycles. The van der Waals surface area contributed by atoms with Crippen molar-refractivity contribution >= 4 is 15.9 Å². The van der Waals surface area contributed by atoms with E-state index in [1.165, 1.54) is 5.69 Å². The van der Waals surface area contributed by atoms with Crippen molar-refractivity contribution in [3.63, 3.8) is 0 Å². The second kappa shape index (κ2) is 5.51. The maximum absolute atomic E-state index is 9.47. The summed E-state index contributed by atoms with van der Waals surface area (Å²) in [5.41, 5.74) is 1.18. The molecule has 1 rings (SSSR count). The molecule has 1 aromatic rings. The van der Waals surface area contributed by atoms with E-state index >= 15 is 0 Å². The zero-order valence-electron chi connectivity index (χ0n) is 8.70. The summed E-state index contributed by atoms with van der Waals surface area (Å²) in [4.78, 5) is 0. The number of hydrogen-bond acceptors (Lipinski definition) is 2. The molecule has 0 fully saturated rings. The fourth-order valence-electron chi connectivity index (χ4n) is 1.42. The molecule has 0 aromatic carbocycles. The van der Waals surface area contributed by atoms with Gasteiger partial charge < -0.3 is 5.11 Å². The molecular formula is C10H17BrN2O. The Bertz CT molecular complexity index is 286. The van der Waals surface area contributed by atoms with E-state index in [1.807, 2.05) is 17.8 Å². The standard InChI is InChI=1S/C10H17BrN2O/c1-3-8(14)5-6-10-9(11)7-12-13(10)4-2/h7-8,14H,3-6H2,1-2H3. The van der Waals surface area contributed by atoms with E-state index in [9.17, 15) is 5.11 Å². The lowest BCUT2D eigenvalue weighted by Gasteiger charge is -2.09. The van der Waals surface area contributed by atoms with Gasteiger partial charge in [-0.25, -0.2) is 0 Å². The van der Waals surface area contributed by atoms with Gasteiger partial charge in [-0.15, -0.1) is 0 Å². The number of aliphatic hydroxyl groups is 1. The van der Waals surface area contributed by atoms with Crippen molar-refractivity contribution in [2.24, 2.45) is 0 Å². The SMILES string of the molecule is CCC(O)CCc1c(Br)cnn1CC. The van der Waals surface area contributed by atoms with E-state index in [-0.39, 0.29) is 6.10 Å². The topological polar surface area (TPSA) is 38.1 Å². The number of aromatic nitrogens is 2. The van der Waals surface area contributed by atoms with E-state index in [4.69, 9.17) is 0 Å². The van der Waals surface area contributed by atoms with E-state index < -0.39 is 0 Å². The highest BCUT2D eigenvalue weighted by Gasteiger charge is 2.09. The third-order valence-electron chi connectivity index (χ3n) is 2.38. The second-order valence-corrected chi connectivity index (χ2v) is 4.21. The molecule has 0 radical (unpaired) electrons. The summed E-state index contributed by atoms with van der Waals surface area (Å²) in [5.74, 6) is 0. The lowest BCUT2D eigenvalue weighted by atomic mass is 10.1. The molecule has 0 aliphatic rings. The Morgan fingerprint density at radius 1 is 1.57 bits per heavy atom. The highest BCUT2D eigenvalue weighted by atomic mass is 79.9. The molecule has 1 unspecified atom stereocenters. The van der Waals surface area contributed by atoms with Crippen LogP contribution in [0.2, 0.25) is 0 Å². The molecular weight excluding hydrogens is 244 g/mol. The Morgan fingerprint density at radius 2 is 2.29 bits per heavy atom. The van der Waals surface area contributed by atoms with E-state index in [0.717, 1.165) is 30.3 Å². The van der Waals surface area contributed by atoms with Gasteiger partial charge in [-0.05, 0) is 42.1 Å². The van der Waals surface area contributed by atoms with Crippen LogP contribution >= 0.6 is 15.9 Å². The lowest BCUT2D eigenvalue weighted by molar-refractivity contribution is 0.160. The molecule has 1 atom stereocenters. The van der Waals surface area contributed by atoms with Crippen molar-refractivity contribution < 1.29 is 5.11 Å². The summed E-state index contributed by atoms with van der Waals surface area (Å²) < 4.78 is 3.01. The molecule has 14 heavy (non-hydrogen) atoms. The summed E-state index contributed by atoms with van der Waals surface area (Å²) in [5, 5.41) is 13.7. The summed E-state index contributed by atoms with van der Waals surface area (Å²) in [6.45, 7) is 4.94. The minimum Gasteiger partial charge on any atom is -0.393 e. The summed E-state index contributed by atoms with van der Waals surface area (Å²) in [6.07, 6.45) is 4.13. The van der Waals surface area contributed by atoms with Crippen molar-refractivity contribution in [1.29, 1.82) is 0 Å². The van der Waals surface area contributed by atoms with Gasteiger partial charge in [0, 0.05) is 6.54 Å². The van der Waals surface area contributed by atoms with Crippen LogP contribution in [0.1, 0.15) is 32.4 Å². The first-order valence-electron chi connectivity index (χ1n) is 5.07. The van der Waals surface area contributed by atoms with Crippen molar-refractivity contribution in [3.05, 3.63) is 16.4 Å². The van der Waals surface area contributed by atoms with Crippen LogP contribution in [-0.4, -0.2) is 21.0 Å². The Balaban J connectivity index is 2.60. The predicted molar refractivity (Wildman–Crippen MR) is 60.2 cm³/mol. The minimum absolute atomic E-state index is 0.192. The Labute approximate surface area is 93.3 Å². The first kappa shape index (κ1) is 11.7. The molecule has 3 nitrogen and oxygen atoms in total. The highest BCUT2D eigenvalue weighted by Crippen LogP contribution is 2.18. The van der Waals surface area contributed by atoms with Crippen LogP contribution in [0.3, 0.4) is 0 Å². The van der Waals surface area contributed by atoms with E-state index in [0.29, 0.717) is 0 Å². The first-order chi connectivity index (χ1) is 6.69. The molecule has 80 valence electrons. The number of hydrogen-bond donors (Lipinski definition) is 1. The van der Waals surface area contributed by atoms with Gasteiger partial charge in [0.1, 0.15) is 0 Å². The van der Waals surface area contributed by atoms with Gasteiger partial charge in [-0.1, -0.05) is 6.92 Å². The predicted octanol–water partition coefficient (Wildman–Crippen LogP) is 2.37. The number of aliphatic hydroxyl groups excluding tert-OH is 1. The molecule has 1 heterocycles. The van der Waals surface area contributed by atoms with E-state index in [2.05, 4.69) is 28.0 Å². The van der Waals surface area contributed by atoms with Gasteiger partial charge in [0.05, 0.1) is 22.5 Å². The van der Waals surface area contributed by atoms with E-state index in [1.54, 1.807) is 0 Å². The number of rotatable bonds is 5. The summed E-state index contributed by atoms with van der Waals surface area (Å²) in [7, 11) is 0. The van der Waals surface area contributed by atoms with Crippen LogP contribution in [0.25, 0.3) is 0 Å². The van der Waals surface area contributed by atoms with Gasteiger partial charge >= 0.3 is 0 Å². The van der Waals surface area contributed by atoms with Crippen molar-refractivity contribution in [2.75, 3.05) is 0 Å². The minimum atomic E-state index is -0.192. The largest absolute Gasteiger partial charge is 0.393 e. The maximum atomic E-state index is 9.47. The Hall–Kier alpha value is -0.350. The van der Waals surface area contributed by atoms with Crippen molar-refractivity contribution in [2.45, 2.75) is 45.8 Å². The van der Waals surface area contributed by atoms with Crippen LogP contribution in [0.5, 0.6) is 0 Å².